The molecule has 0 aliphatic carbocycles. The van der Waals surface area contributed by atoms with E-state index < -0.39 is 40.7 Å². The van der Waals surface area contributed by atoms with Crippen molar-refractivity contribution in [1.29, 1.82) is 0 Å². The van der Waals surface area contributed by atoms with Crippen molar-refractivity contribution in [1.82, 2.24) is 35.6 Å². The molecule has 78 heavy (non-hydrogen) atoms. The molecule has 0 bridgehead atoms. The van der Waals surface area contributed by atoms with Gasteiger partial charge in [-0.05, 0) is 99.9 Å². The highest BCUT2D eigenvalue weighted by Crippen LogP contribution is 2.34. The quantitative estimate of drug-likeness (QED) is 0.0672. The molecule has 0 saturated carbocycles. The number of amides is 6. The normalized spacial score (nSPS) is 18.0. The summed E-state index contributed by atoms with van der Waals surface area (Å²) in [6.45, 7) is 23.1. The van der Waals surface area contributed by atoms with Crippen LogP contribution >= 0.6 is 0 Å². The first-order valence-electron chi connectivity index (χ1n) is 28.5. The third-order valence-corrected chi connectivity index (χ3v) is 16.1. The molecule has 3 aromatic carbocycles. The molecule has 2 heterocycles. The average molecular weight is 1070 g/mol. The number of ketones is 2. The molecule has 0 spiro atoms. The Balaban J connectivity index is 1.26. The average Bonchev–Trinajstić information content (AvgIpc) is 4.10. The molecule has 15 heteroatoms. The predicted octanol–water partition coefficient (Wildman–Crippen LogP) is 7.94. The van der Waals surface area contributed by atoms with Crippen molar-refractivity contribution in [2.45, 2.75) is 164 Å². The first-order valence-corrected chi connectivity index (χ1v) is 28.5. The van der Waals surface area contributed by atoms with Crippen LogP contribution in [0.4, 0.5) is 0 Å². The third-order valence-electron chi connectivity index (χ3n) is 16.1. The molecule has 8 atom stereocenters. The fourth-order valence-corrected chi connectivity index (χ4v) is 10.5. The van der Waals surface area contributed by atoms with Gasteiger partial charge in [0.1, 0.15) is 17.9 Å². The maximum atomic E-state index is 14.5. The van der Waals surface area contributed by atoms with Gasteiger partial charge in [0.15, 0.2) is 5.78 Å². The first-order chi connectivity index (χ1) is 36.8. The summed E-state index contributed by atoms with van der Waals surface area (Å²) in [5.74, 6) is -3.15. The zero-order valence-corrected chi connectivity index (χ0v) is 48.9. The summed E-state index contributed by atoms with van der Waals surface area (Å²) in [7, 11) is 1.73. The molecule has 15 nitrogen and oxygen atoms in total. The summed E-state index contributed by atoms with van der Waals surface area (Å²) < 4.78 is 0. The van der Waals surface area contributed by atoms with Gasteiger partial charge in [-0.1, -0.05) is 135 Å². The Bertz CT molecular complexity index is 2330. The Kier molecular flexibility index (Phi) is 23.0. The lowest BCUT2D eigenvalue weighted by molar-refractivity contribution is -0.144. The van der Waals surface area contributed by atoms with Crippen molar-refractivity contribution in [2.24, 2.45) is 28.6 Å². The predicted molar refractivity (Wildman–Crippen MR) is 306 cm³/mol. The lowest BCUT2D eigenvalue weighted by Crippen LogP contribution is -2.58. The van der Waals surface area contributed by atoms with Crippen molar-refractivity contribution in [3.8, 4) is 0 Å². The van der Waals surface area contributed by atoms with Crippen molar-refractivity contribution in [3.05, 3.63) is 107 Å². The molecular weight excluding hydrogens is 983 g/mol. The van der Waals surface area contributed by atoms with Crippen LogP contribution in [0.5, 0.6) is 0 Å². The van der Waals surface area contributed by atoms with E-state index in [9.17, 15) is 38.4 Å². The molecular formula is C63H91N7O8. The van der Waals surface area contributed by atoms with Crippen LogP contribution in [-0.2, 0) is 41.6 Å². The van der Waals surface area contributed by atoms with E-state index >= 15 is 0 Å². The Morgan fingerprint density at radius 1 is 0.590 bits per heavy atom. The van der Waals surface area contributed by atoms with Crippen LogP contribution in [0.3, 0.4) is 0 Å². The van der Waals surface area contributed by atoms with E-state index in [4.69, 9.17) is 0 Å². The summed E-state index contributed by atoms with van der Waals surface area (Å²) in [6, 6.07) is 23.4. The van der Waals surface area contributed by atoms with Gasteiger partial charge in [0, 0.05) is 93.1 Å². The highest BCUT2D eigenvalue weighted by atomic mass is 16.2. The fraction of sp³-hybridized carbons (Fsp3) is 0.587. The number of nitrogens with zero attached hydrogens (tertiary/aromatic N) is 4. The monoisotopic (exact) mass is 1070 g/mol. The van der Waals surface area contributed by atoms with E-state index in [-0.39, 0.29) is 96.6 Å². The minimum Gasteiger partial charge on any atom is -0.344 e. The number of hydrogen-bond donors (Lipinski definition) is 3. The first kappa shape index (κ1) is 62.6. The number of Topliss-reactive ketones (excluding diaryl/α,β-unsaturated/α-hetero) is 2. The van der Waals surface area contributed by atoms with Gasteiger partial charge in [-0.15, -0.1) is 0 Å². The van der Waals surface area contributed by atoms with Crippen LogP contribution in [0.15, 0.2) is 84.9 Å². The molecule has 0 unspecified atom stereocenters. The van der Waals surface area contributed by atoms with Crippen LogP contribution in [0.25, 0.3) is 0 Å². The highest BCUT2D eigenvalue weighted by molar-refractivity contribution is 6.01. The number of hydrogen-bond acceptors (Lipinski definition) is 9. The lowest BCUT2D eigenvalue weighted by Gasteiger charge is -2.38. The van der Waals surface area contributed by atoms with E-state index in [0.717, 1.165) is 24.0 Å². The molecule has 3 N–H and O–H groups in total. The van der Waals surface area contributed by atoms with Crippen molar-refractivity contribution in [2.75, 3.05) is 46.3 Å². The van der Waals surface area contributed by atoms with Gasteiger partial charge in [0.05, 0.1) is 6.04 Å². The Morgan fingerprint density at radius 3 is 1.55 bits per heavy atom. The molecule has 2 fully saturated rings. The van der Waals surface area contributed by atoms with Crippen LogP contribution in [-0.4, -0.2) is 143 Å². The van der Waals surface area contributed by atoms with Gasteiger partial charge in [-0.25, -0.2) is 0 Å². The number of benzene rings is 3. The van der Waals surface area contributed by atoms with Crippen LogP contribution in [0, 0.1) is 28.6 Å². The van der Waals surface area contributed by atoms with Gasteiger partial charge >= 0.3 is 0 Å². The van der Waals surface area contributed by atoms with Gasteiger partial charge in [0.2, 0.25) is 29.5 Å². The molecule has 0 radical (unpaired) electrons. The second-order valence-electron chi connectivity index (χ2n) is 24.2. The van der Waals surface area contributed by atoms with Crippen LogP contribution < -0.4 is 16.0 Å². The summed E-state index contributed by atoms with van der Waals surface area (Å²) in [5.41, 5.74) is 1.67. The highest BCUT2D eigenvalue weighted by Gasteiger charge is 2.43. The van der Waals surface area contributed by atoms with Crippen molar-refractivity contribution in [3.63, 3.8) is 0 Å². The Labute approximate surface area is 465 Å². The van der Waals surface area contributed by atoms with Crippen LogP contribution in [0.1, 0.15) is 153 Å². The Morgan fingerprint density at radius 2 is 1.08 bits per heavy atom. The van der Waals surface area contributed by atoms with Gasteiger partial charge < -0.3 is 35.6 Å². The Hall–Kier alpha value is -6.22. The molecule has 5 rings (SSSR count). The summed E-state index contributed by atoms with van der Waals surface area (Å²) in [4.78, 5) is 119. The molecule has 2 saturated heterocycles. The standard InChI is InChI=1S/C63H91N7O8/c1-13-42(2)56(73)66-55(63(9,10)11)61(78)70-35-21-27-51(70)40-67(36-32-46-22-16-14-17-23-46)58(75)43(3)38-54(72)48-28-30-49(31-29-48)57(74)65-45(5)59(76)68(37-33-47-24-18-15-19-25-47)41-50-26-20-34-69(50)60(77)52(62(6,7)8)39-53(71)44(4)64-12/h14-19,22-25,28-31,42-45,50-52,55,64H,13,20-21,26-27,32-41H2,1-12H3,(H,65,74)(H,66,73)/t42-,43+,44+,45-,50+,51+,52-,55-/m1/s1. The number of nitrogens with one attached hydrogen (secondary N) is 3. The number of carbonyl (C=O) groups excluding carboxylic acids is 8. The van der Waals surface area contributed by atoms with E-state index in [2.05, 4.69) is 16.0 Å². The van der Waals surface area contributed by atoms with E-state index in [1.165, 1.54) is 0 Å². The van der Waals surface area contributed by atoms with Gasteiger partial charge in [-0.3, -0.25) is 38.4 Å². The fourth-order valence-electron chi connectivity index (χ4n) is 10.5. The minimum absolute atomic E-state index is 0.0260. The second kappa shape index (κ2) is 28.6. The SMILES string of the molecule is CC[C@@H](C)C(=O)N[C@H](C(=O)N1CCC[C@H]1CN(CCc1ccccc1)C(=O)[C@@H](C)CC(=O)c1ccc(C(=O)N[C@H](C)C(=O)N(CCc2ccccc2)C[C@@H]2CCCN2C(=O)[C@@H](CC(=O)[C@H](C)NC)C(C)(C)C)cc1)C(C)(C)C. The van der Waals surface area contributed by atoms with Gasteiger partial charge in [0.25, 0.3) is 5.91 Å². The largest absolute Gasteiger partial charge is 0.344 e. The molecule has 2 aliphatic rings. The smallest absolute Gasteiger partial charge is 0.251 e. The maximum Gasteiger partial charge on any atom is 0.251 e. The topological polar surface area (TPSA) is 186 Å². The molecule has 2 aliphatic heterocycles. The number of carbonyl (C=O) groups is 8. The summed E-state index contributed by atoms with van der Waals surface area (Å²) in [5, 5.41) is 8.92. The maximum absolute atomic E-state index is 14.5. The number of rotatable bonds is 26. The third kappa shape index (κ3) is 17.4. The number of likely N-dealkylation sites (N-methyl/N-ethyl adjacent to an activating group) is 1. The second-order valence-corrected chi connectivity index (χ2v) is 24.2. The molecule has 0 aromatic heterocycles. The van der Waals surface area contributed by atoms with E-state index in [0.29, 0.717) is 63.8 Å². The summed E-state index contributed by atoms with van der Waals surface area (Å²) >= 11 is 0. The minimum atomic E-state index is -0.926. The van der Waals surface area contributed by atoms with E-state index in [1.807, 2.05) is 126 Å². The summed E-state index contributed by atoms with van der Waals surface area (Å²) in [6.07, 6.45) is 4.78. The zero-order chi connectivity index (χ0) is 57.5. The molecule has 3 aromatic rings. The van der Waals surface area contributed by atoms with E-state index in [1.54, 1.807) is 61.9 Å². The molecule has 6 amide bonds. The van der Waals surface area contributed by atoms with Gasteiger partial charge in [-0.2, -0.15) is 0 Å². The van der Waals surface area contributed by atoms with Crippen molar-refractivity contribution >= 4 is 47.0 Å². The lowest BCUT2D eigenvalue weighted by atomic mass is 9.76. The van der Waals surface area contributed by atoms with Crippen molar-refractivity contribution < 1.29 is 38.4 Å². The number of likely N-dealkylation sites (tertiary alicyclic amines) is 2. The zero-order valence-electron chi connectivity index (χ0n) is 48.9. The van der Waals surface area contributed by atoms with Crippen LogP contribution in [0.2, 0.25) is 0 Å². The molecule has 426 valence electrons.